The van der Waals surface area contributed by atoms with E-state index in [4.69, 9.17) is 0 Å². The maximum absolute atomic E-state index is 3.33. The van der Waals surface area contributed by atoms with E-state index in [1.165, 1.54) is 57.8 Å². The molecule has 0 atom stereocenters. The summed E-state index contributed by atoms with van der Waals surface area (Å²) in [5.41, 5.74) is 0. The van der Waals surface area contributed by atoms with Crippen molar-refractivity contribution in [3.05, 3.63) is 48.6 Å². The van der Waals surface area contributed by atoms with Gasteiger partial charge in [0.2, 0.25) is 0 Å². The van der Waals surface area contributed by atoms with Gasteiger partial charge < -0.3 is 0 Å². The van der Waals surface area contributed by atoms with Gasteiger partial charge in [-0.1, -0.05) is 81.1 Å². The zero-order valence-electron chi connectivity index (χ0n) is 11.6. The minimum Gasteiger partial charge on any atom is -0.0845 e. The molecule has 0 aromatic heterocycles. The molecule has 0 aromatic rings. The van der Waals surface area contributed by atoms with Gasteiger partial charge in [0.1, 0.15) is 0 Å². The summed E-state index contributed by atoms with van der Waals surface area (Å²) < 4.78 is 0. The Bertz CT molecular complexity index is 248. The molecule has 0 aliphatic heterocycles. The van der Waals surface area contributed by atoms with Gasteiger partial charge in [0.05, 0.1) is 0 Å². The highest BCUT2D eigenvalue weighted by Crippen LogP contribution is 2.11. The van der Waals surface area contributed by atoms with Crippen molar-refractivity contribution in [2.75, 3.05) is 0 Å². The van der Waals surface area contributed by atoms with Crippen LogP contribution in [0.25, 0.3) is 0 Å². The Morgan fingerprint density at radius 3 is 2.00 bits per heavy atom. The standard InChI is InChI=1S/C18H27/c1-2-4-6-8-10-12-14-16-18-17-15-13-11-9-7-5-3-1/h1-7H,8,10-18H2/b2-1-,5-3+,6-4+,9-7?. The molecule has 0 heteroatoms. The molecule has 0 N–H and O–H groups in total. The van der Waals surface area contributed by atoms with Gasteiger partial charge in [-0.3, -0.25) is 0 Å². The molecule has 0 bridgehead atoms. The van der Waals surface area contributed by atoms with Crippen LogP contribution in [0.5, 0.6) is 0 Å². The van der Waals surface area contributed by atoms with Gasteiger partial charge in [-0.05, 0) is 31.8 Å². The highest BCUT2D eigenvalue weighted by molar-refractivity contribution is 5.14. The fourth-order valence-electron chi connectivity index (χ4n) is 2.12. The van der Waals surface area contributed by atoms with Gasteiger partial charge in [-0.25, -0.2) is 0 Å². The van der Waals surface area contributed by atoms with Crippen LogP contribution < -0.4 is 0 Å². The Morgan fingerprint density at radius 1 is 0.556 bits per heavy atom. The van der Waals surface area contributed by atoms with Gasteiger partial charge >= 0.3 is 0 Å². The van der Waals surface area contributed by atoms with E-state index in [-0.39, 0.29) is 0 Å². The molecular weight excluding hydrogens is 216 g/mol. The van der Waals surface area contributed by atoms with Crippen LogP contribution in [0, 0.1) is 6.08 Å². The molecule has 0 aromatic carbocycles. The Hall–Kier alpha value is -1.04. The van der Waals surface area contributed by atoms with Crippen LogP contribution in [-0.2, 0) is 0 Å². The predicted molar refractivity (Wildman–Crippen MR) is 81.4 cm³/mol. The van der Waals surface area contributed by atoms with Gasteiger partial charge in [-0.2, -0.15) is 0 Å². The second-order valence-corrected chi connectivity index (χ2v) is 4.94. The molecule has 0 spiro atoms. The Morgan fingerprint density at radius 2 is 1.17 bits per heavy atom. The first kappa shape index (κ1) is 15.0. The molecule has 1 aliphatic carbocycles. The molecule has 0 fully saturated rings. The Labute approximate surface area is 113 Å². The fourth-order valence-corrected chi connectivity index (χ4v) is 2.12. The van der Waals surface area contributed by atoms with Crippen molar-refractivity contribution in [1.29, 1.82) is 0 Å². The summed E-state index contributed by atoms with van der Waals surface area (Å²) in [5, 5.41) is 0. The number of rotatable bonds is 0. The van der Waals surface area contributed by atoms with Crippen LogP contribution in [0.3, 0.4) is 0 Å². The highest BCUT2D eigenvalue weighted by Gasteiger charge is 1.91. The average molecular weight is 243 g/mol. The summed E-state index contributed by atoms with van der Waals surface area (Å²) in [4.78, 5) is 0. The van der Waals surface area contributed by atoms with Crippen molar-refractivity contribution in [3.8, 4) is 0 Å². The summed E-state index contributed by atoms with van der Waals surface area (Å²) >= 11 is 0. The topological polar surface area (TPSA) is 0 Å². The highest BCUT2D eigenvalue weighted by atomic mass is 14.0. The predicted octanol–water partition coefficient (Wildman–Crippen LogP) is 5.93. The molecule has 0 nitrogen and oxygen atoms in total. The molecule has 99 valence electrons. The van der Waals surface area contributed by atoms with Crippen LogP contribution >= 0.6 is 0 Å². The Balaban J connectivity index is 2.27. The first-order valence-electron chi connectivity index (χ1n) is 7.55. The molecule has 18 heavy (non-hydrogen) atoms. The lowest BCUT2D eigenvalue weighted by Gasteiger charge is -2.00. The van der Waals surface area contributed by atoms with Gasteiger partial charge in [-0.15, -0.1) is 0 Å². The van der Waals surface area contributed by atoms with Crippen molar-refractivity contribution in [1.82, 2.24) is 0 Å². The molecule has 0 saturated heterocycles. The van der Waals surface area contributed by atoms with E-state index in [9.17, 15) is 0 Å². The monoisotopic (exact) mass is 243 g/mol. The molecule has 1 rings (SSSR count). The van der Waals surface area contributed by atoms with E-state index in [0.717, 1.165) is 6.42 Å². The molecule has 0 unspecified atom stereocenters. The summed E-state index contributed by atoms with van der Waals surface area (Å²) in [6, 6.07) is 0. The van der Waals surface area contributed by atoms with E-state index in [1.54, 1.807) is 0 Å². The number of hydrogen-bond donors (Lipinski definition) is 0. The van der Waals surface area contributed by atoms with Gasteiger partial charge in [0.25, 0.3) is 0 Å². The van der Waals surface area contributed by atoms with Crippen LogP contribution in [-0.4, -0.2) is 0 Å². The normalized spacial score (nSPS) is 27.6. The number of hydrogen-bond acceptors (Lipinski definition) is 0. The third-order valence-electron chi connectivity index (χ3n) is 3.24. The average Bonchev–Trinajstić information content (AvgIpc) is 2.39. The summed E-state index contributed by atoms with van der Waals surface area (Å²) in [6.45, 7) is 0. The SMILES string of the molecule is [C]1=C/C=C/C=C\C=C\CCCCCCCCCC/1. The van der Waals surface area contributed by atoms with E-state index in [0.29, 0.717) is 0 Å². The van der Waals surface area contributed by atoms with E-state index in [1.807, 2.05) is 6.08 Å². The second-order valence-electron chi connectivity index (χ2n) is 4.94. The lowest BCUT2D eigenvalue weighted by atomic mass is 10.1. The second kappa shape index (κ2) is 12.4. The molecular formula is C18H27. The summed E-state index contributed by atoms with van der Waals surface area (Å²) in [5.74, 6) is 0. The largest absolute Gasteiger partial charge is 0.0845 e. The van der Waals surface area contributed by atoms with Gasteiger partial charge in [0.15, 0.2) is 0 Å². The third-order valence-corrected chi connectivity index (χ3v) is 3.24. The number of allylic oxidation sites excluding steroid dienone is 8. The molecule has 0 saturated carbocycles. The molecule has 1 radical (unpaired) electrons. The smallest absolute Gasteiger partial charge is 0.0276 e. The lowest BCUT2D eigenvalue weighted by Crippen LogP contribution is -1.81. The molecule has 0 heterocycles. The van der Waals surface area contributed by atoms with Crippen LogP contribution in [0.1, 0.15) is 64.2 Å². The quantitative estimate of drug-likeness (QED) is 0.494. The van der Waals surface area contributed by atoms with Crippen LogP contribution in [0.4, 0.5) is 0 Å². The van der Waals surface area contributed by atoms with Gasteiger partial charge in [0, 0.05) is 0 Å². The zero-order chi connectivity index (χ0) is 12.7. The summed E-state index contributed by atoms with van der Waals surface area (Å²) in [6.07, 6.45) is 31.5. The minimum atomic E-state index is 1.11. The minimum absolute atomic E-state index is 1.11. The van der Waals surface area contributed by atoms with Crippen LogP contribution in [0.15, 0.2) is 42.5 Å². The maximum atomic E-state index is 3.33. The molecule has 0 amide bonds. The van der Waals surface area contributed by atoms with E-state index >= 15 is 0 Å². The first-order chi connectivity index (χ1) is 9.00. The maximum Gasteiger partial charge on any atom is -0.0276 e. The van der Waals surface area contributed by atoms with Crippen LogP contribution in [0.2, 0.25) is 0 Å². The third kappa shape index (κ3) is 10.1. The van der Waals surface area contributed by atoms with E-state index in [2.05, 4.69) is 42.5 Å². The zero-order valence-corrected chi connectivity index (χ0v) is 11.6. The fraction of sp³-hybridized carbons (Fsp3) is 0.556. The van der Waals surface area contributed by atoms with Crippen molar-refractivity contribution < 1.29 is 0 Å². The van der Waals surface area contributed by atoms with E-state index < -0.39 is 0 Å². The van der Waals surface area contributed by atoms with Crippen molar-refractivity contribution in [3.63, 3.8) is 0 Å². The van der Waals surface area contributed by atoms with Crippen molar-refractivity contribution >= 4 is 0 Å². The molecule has 1 aliphatic rings. The Kier molecular flexibility index (Phi) is 10.4. The lowest BCUT2D eigenvalue weighted by molar-refractivity contribution is 0.570. The summed E-state index contributed by atoms with van der Waals surface area (Å²) in [7, 11) is 0. The first-order valence-corrected chi connectivity index (χ1v) is 7.55. The van der Waals surface area contributed by atoms with Crippen molar-refractivity contribution in [2.24, 2.45) is 0 Å². The van der Waals surface area contributed by atoms with Crippen molar-refractivity contribution in [2.45, 2.75) is 64.2 Å².